The SMILES string of the molecule is COc1cccc(-c2cnc(N)nc2[C@H]2CCCCN2C(=O)c2ccccc2)c1. The van der Waals surface area contributed by atoms with Crippen molar-refractivity contribution in [3.05, 3.63) is 72.1 Å². The van der Waals surface area contributed by atoms with E-state index in [1.807, 2.05) is 59.5 Å². The molecule has 0 bridgehead atoms. The molecule has 1 amide bonds. The van der Waals surface area contributed by atoms with E-state index < -0.39 is 0 Å². The van der Waals surface area contributed by atoms with Crippen LogP contribution in [0.25, 0.3) is 11.1 Å². The minimum Gasteiger partial charge on any atom is -0.497 e. The Kier molecular flexibility index (Phi) is 5.42. The standard InChI is InChI=1S/C23H24N4O2/c1-29-18-11-7-10-17(14-18)19-15-25-23(24)26-21(19)20-12-5-6-13-27(20)22(28)16-8-3-2-4-9-16/h2-4,7-11,14-15,20H,5-6,12-13H2,1H3,(H2,24,25,26)/t20-/m1/s1. The fourth-order valence-corrected chi connectivity index (χ4v) is 3.88. The zero-order valence-electron chi connectivity index (χ0n) is 16.4. The molecule has 1 aliphatic rings. The molecule has 0 unspecified atom stereocenters. The van der Waals surface area contributed by atoms with Gasteiger partial charge in [-0.3, -0.25) is 4.79 Å². The molecule has 1 fully saturated rings. The third-order valence-electron chi connectivity index (χ3n) is 5.32. The smallest absolute Gasteiger partial charge is 0.254 e. The van der Waals surface area contributed by atoms with E-state index in [0.717, 1.165) is 41.8 Å². The zero-order valence-corrected chi connectivity index (χ0v) is 16.4. The number of nitrogen functional groups attached to an aromatic ring is 1. The second kappa shape index (κ2) is 8.31. The molecule has 1 atom stereocenters. The summed E-state index contributed by atoms with van der Waals surface area (Å²) in [6.07, 6.45) is 4.59. The number of carbonyl (C=O) groups excluding carboxylic acids is 1. The molecule has 6 heteroatoms. The van der Waals surface area contributed by atoms with Gasteiger partial charge < -0.3 is 15.4 Å². The predicted molar refractivity (Wildman–Crippen MR) is 113 cm³/mol. The number of aromatic nitrogens is 2. The van der Waals surface area contributed by atoms with Crippen LogP contribution in [0, 0.1) is 0 Å². The number of rotatable bonds is 4. The van der Waals surface area contributed by atoms with E-state index in [1.165, 1.54) is 0 Å². The van der Waals surface area contributed by atoms with Gasteiger partial charge in [0.15, 0.2) is 0 Å². The molecule has 0 saturated carbocycles. The quantitative estimate of drug-likeness (QED) is 0.728. The van der Waals surface area contributed by atoms with Crippen LogP contribution < -0.4 is 10.5 Å². The molecule has 148 valence electrons. The van der Waals surface area contributed by atoms with E-state index in [2.05, 4.69) is 9.97 Å². The summed E-state index contributed by atoms with van der Waals surface area (Å²) in [4.78, 5) is 24.0. The lowest BCUT2D eigenvalue weighted by atomic mass is 9.93. The molecular weight excluding hydrogens is 364 g/mol. The first kappa shape index (κ1) is 18.9. The Labute approximate surface area is 170 Å². The average Bonchev–Trinajstić information content (AvgIpc) is 2.79. The van der Waals surface area contributed by atoms with Crippen LogP contribution in [0.5, 0.6) is 5.75 Å². The fourth-order valence-electron chi connectivity index (χ4n) is 3.88. The van der Waals surface area contributed by atoms with Crippen molar-refractivity contribution in [2.24, 2.45) is 0 Å². The first-order chi connectivity index (χ1) is 14.2. The summed E-state index contributed by atoms with van der Waals surface area (Å²) in [6, 6.07) is 17.0. The minimum absolute atomic E-state index is 0.0177. The number of nitrogens with zero attached hydrogens (tertiary/aromatic N) is 3. The first-order valence-corrected chi connectivity index (χ1v) is 9.80. The summed E-state index contributed by atoms with van der Waals surface area (Å²) in [6.45, 7) is 0.694. The van der Waals surface area contributed by atoms with Crippen LogP contribution in [0.3, 0.4) is 0 Å². The van der Waals surface area contributed by atoms with Gasteiger partial charge >= 0.3 is 0 Å². The van der Waals surface area contributed by atoms with Crippen molar-refractivity contribution in [1.29, 1.82) is 0 Å². The molecule has 1 aliphatic heterocycles. The molecule has 0 aliphatic carbocycles. The van der Waals surface area contributed by atoms with Crippen molar-refractivity contribution >= 4 is 11.9 Å². The number of carbonyl (C=O) groups is 1. The normalized spacial score (nSPS) is 16.4. The first-order valence-electron chi connectivity index (χ1n) is 9.80. The number of hydrogen-bond acceptors (Lipinski definition) is 5. The maximum atomic E-state index is 13.2. The number of methoxy groups -OCH3 is 1. The summed E-state index contributed by atoms with van der Waals surface area (Å²) >= 11 is 0. The molecule has 1 saturated heterocycles. The van der Waals surface area contributed by atoms with Crippen molar-refractivity contribution in [2.45, 2.75) is 25.3 Å². The Morgan fingerprint density at radius 1 is 1.14 bits per heavy atom. The van der Waals surface area contributed by atoms with Gasteiger partial charge in [0.1, 0.15) is 5.75 Å². The third-order valence-corrected chi connectivity index (χ3v) is 5.32. The van der Waals surface area contributed by atoms with Crippen LogP contribution in [-0.4, -0.2) is 34.4 Å². The van der Waals surface area contributed by atoms with Gasteiger partial charge in [0.2, 0.25) is 5.95 Å². The fraction of sp³-hybridized carbons (Fsp3) is 0.261. The summed E-state index contributed by atoms with van der Waals surface area (Å²) in [5.41, 5.74) is 9.23. The molecule has 6 nitrogen and oxygen atoms in total. The number of amides is 1. The highest BCUT2D eigenvalue weighted by Crippen LogP contribution is 2.37. The second-order valence-electron chi connectivity index (χ2n) is 7.14. The van der Waals surface area contributed by atoms with Crippen LogP contribution in [0.4, 0.5) is 5.95 Å². The summed E-state index contributed by atoms with van der Waals surface area (Å²) in [5, 5.41) is 0. The highest BCUT2D eigenvalue weighted by Gasteiger charge is 2.31. The van der Waals surface area contributed by atoms with Crippen molar-refractivity contribution in [2.75, 3.05) is 19.4 Å². The van der Waals surface area contributed by atoms with E-state index in [9.17, 15) is 4.79 Å². The Hall–Kier alpha value is -3.41. The van der Waals surface area contributed by atoms with E-state index in [-0.39, 0.29) is 17.9 Å². The molecule has 0 radical (unpaired) electrons. The number of piperidine rings is 1. The number of ether oxygens (including phenoxy) is 1. The lowest BCUT2D eigenvalue weighted by Crippen LogP contribution is -2.39. The van der Waals surface area contributed by atoms with Crippen LogP contribution in [0.15, 0.2) is 60.8 Å². The molecule has 29 heavy (non-hydrogen) atoms. The van der Waals surface area contributed by atoms with Crippen molar-refractivity contribution in [3.8, 4) is 16.9 Å². The van der Waals surface area contributed by atoms with Crippen LogP contribution in [0.1, 0.15) is 41.4 Å². The van der Waals surface area contributed by atoms with E-state index in [0.29, 0.717) is 12.1 Å². The minimum atomic E-state index is -0.150. The van der Waals surface area contributed by atoms with Crippen LogP contribution in [0.2, 0.25) is 0 Å². The summed E-state index contributed by atoms with van der Waals surface area (Å²) in [5.74, 6) is 0.986. The number of anilines is 1. The topological polar surface area (TPSA) is 81.3 Å². The van der Waals surface area contributed by atoms with E-state index in [1.54, 1.807) is 13.3 Å². The molecule has 1 aromatic heterocycles. The van der Waals surface area contributed by atoms with Crippen molar-refractivity contribution < 1.29 is 9.53 Å². The van der Waals surface area contributed by atoms with Gasteiger partial charge in [-0.1, -0.05) is 30.3 Å². The average molecular weight is 388 g/mol. The van der Waals surface area contributed by atoms with Gasteiger partial charge in [0, 0.05) is 23.9 Å². The summed E-state index contributed by atoms with van der Waals surface area (Å²) < 4.78 is 5.37. The Morgan fingerprint density at radius 2 is 1.97 bits per heavy atom. The number of nitrogens with two attached hydrogens (primary N) is 1. The predicted octanol–water partition coefficient (Wildman–Crippen LogP) is 4.10. The lowest BCUT2D eigenvalue weighted by Gasteiger charge is -2.36. The highest BCUT2D eigenvalue weighted by atomic mass is 16.5. The van der Waals surface area contributed by atoms with Gasteiger partial charge in [-0.25, -0.2) is 9.97 Å². The molecule has 0 spiro atoms. The Balaban J connectivity index is 1.77. The maximum Gasteiger partial charge on any atom is 0.254 e. The maximum absolute atomic E-state index is 13.2. The van der Waals surface area contributed by atoms with Crippen molar-refractivity contribution in [3.63, 3.8) is 0 Å². The van der Waals surface area contributed by atoms with Gasteiger partial charge in [0.05, 0.1) is 18.8 Å². The lowest BCUT2D eigenvalue weighted by molar-refractivity contribution is 0.0607. The number of hydrogen-bond donors (Lipinski definition) is 1. The van der Waals surface area contributed by atoms with Gasteiger partial charge in [-0.05, 0) is 49.1 Å². The van der Waals surface area contributed by atoms with Gasteiger partial charge in [-0.15, -0.1) is 0 Å². The highest BCUT2D eigenvalue weighted by molar-refractivity contribution is 5.94. The largest absolute Gasteiger partial charge is 0.497 e. The molecule has 2 N–H and O–H groups in total. The van der Waals surface area contributed by atoms with Gasteiger partial charge in [-0.2, -0.15) is 0 Å². The number of benzene rings is 2. The molecular formula is C23H24N4O2. The van der Waals surface area contributed by atoms with E-state index in [4.69, 9.17) is 10.5 Å². The van der Waals surface area contributed by atoms with Crippen LogP contribution in [-0.2, 0) is 0 Å². The zero-order chi connectivity index (χ0) is 20.2. The van der Waals surface area contributed by atoms with E-state index >= 15 is 0 Å². The summed E-state index contributed by atoms with van der Waals surface area (Å²) in [7, 11) is 1.64. The third kappa shape index (κ3) is 3.92. The Bertz CT molecular complexity index is 1010. The number of likely N-dealkylation sites (tertiary alicyclic amines) is 1. The molecule has 4 rings (SSSR count). The molecule has 2 heterocycles. The van der Waals surface area contributed by atoms with Gasteiger partial charge in [0.25, 0.3) is 5.91 Å². The Morgan fingerprint density at radius 3 is 2.76 bits per heavy atom. The molecule has 3 aromatic rings. The van der Waals surface area contributed by atoms with Crippen LogP contribution >= 0.6 is 0 Å². The molecule has 2 aromatic carbocycles. The van der Waals surface area contributed by atoms with Crippen molar-refractivity contribution in [1.82, 2.24) is 14.9 Å². The second-order valence-corrected chi connectivity index (χ2v) is 7.14. The monoisotopic (exact) mass is 388 g/mol.